The number of nitriles is 7. The summed E-state index contributed by atoms with van der Waals surface area (Å²) in [6.07, 6.45) is 22.2. The lowest BCUT2D eigenvalue weighted by atomic mass is 9.94. The van der Waals surface area contributed by atoms with Crippen LogP contribution in [0.2, 0.25) is 0 Å². The largest absolute Gasteiger partial charge is 0.399 e. The fraction of sp³-hybridized carbons (Fsp3) is 0.342. The molecule has 2 saturated carbocycles. The average Bonchev–Trinajstić information content (AvgIpc) is 1.56. The molecule has 2 aliphatic heterocycles. The lowest BCUT2D eigenvalue weighted by Gasteiger charge is -2.32. The summed E-state index contributed by atoms with van der Waals surface area (Å²) >= 11 is 20.5. The first kappa shape index (κ1) is 122. The number of carbonyl (C=O) groups excluding carboxylic acids is 2. The number of carbonyl (C=O) groups is 2. The number of aryl methyl sites for hydroxylation is 10. The maximum atomic E-state index is 13.7. The van der Waals surface area contributed by atoms with E-state index in [9.17, 15) is 9.59 Å². The number of unbranched alkanes of at least 4 members (excludes halogenated alkanes) is 6. The van der Waals surface area contributed by atoms with E-state index in [1.807, 2.05) is 212 Å². The summed E-state index contributed by atoms with van der Waals surface area (Å²) in [5, 5.41) is 79.4. The minimum Gasteiger partial charge on any atom is -0.399 e. The molecule has 150 heavy (non-hydrogen) atoms. The quantitative estimate of drug-likeness (QED) is 0.00759. The Morgan fingerprint density at radius 3 is 0.973 bits per heavy atom. The number of hydrogen-bond acceptors (Lipinski definition) is 20. The lowest BCUT2D eigenvalue weighted by molar-refractivity contribution is -0.121. The number of amides is 2. The number of anilines is 8. The first-order chi connectivity index (χ1) is 71.9. The number of benzene rings is 10. The van der Waals surface area contributed by atoms with E-state index < -0.39 is 22.3 Å². The number of isothiocyanates is 2. The maximum absolute atomic E-state index is 13.7. The van der Waals surface area contributed by atoms with Gasteiger partial charge in [-0.15, -0.1) is 0 Å². The molecule has 10 aromatic rings. The number of thiocarbonyl (C=S) groups is 4. The number of aliphatic hydroxyl groups is 1. The Morgan fingerprint density at radius 1 is 0.400 bits per heavy atom. The van der Waals surface area contributed by atoms with E-state index in [2.05, 4.69) is 150 Å². The van der Waals surface area contributed by atoms with E-state index in [4.69, 9.17) is 117 Å². The summed E-state index contributed by atoms with van der Waals surface area (Å²) in [7, 11) is 0. The number of hydrogen-bond donors (Lipinski definition) is 5. The van der Waals surface area contributed by atoms with E-state index in [0.29, 0.717) is 77.2 Å². The van der Waals surface area contributed by atoms with Crippen LogP contribution in [0.4, 0.5) is 79.6 Å². The molecular weight excluding hydrogens is 1940 g/mol. The smallest absolute Gasteiger partial charge is 0.305 e. The predicted molar refractivity (Wildman–Crippen MR) is 616 cm³/mol. The van der Waals surface area contributed by atoms with Gasteiger partial charge in [-0.1, -0.05) is 110 Å². The van der Waals surface area contributed by atoms with Crippen molar-refractivity contribution in [3.63, 3.8) is 0 Å². The molecule has 0 atom stereocenters. The van der Waals surface area contributed by atoms with Crippen LogP contribution in [-0.2, 0) is 48.1 Å². The molecule has 7 N–H and O–H groups in total. The van der Waals surface area contributed by atoms with E-state index in [0.717, 1.165) is 207 Å². The van der Waals surface area contributed by atoms with Crippen molar-refractivity contribution in [3.8, 4) is 42.5 Å². The SMILES string of the molecule is CC(C)(O)C#N.N#CCCCc1ccc(N)cc1.N#CCCCc1ccc(N)cc1.[C-]#[N+]C(C)(C)Nc1ccc(CCCC#N)cc1.[C-]#[N+]C1(Nc2ccc(CCCC#N)cc2)CCCC1.[C-]#[N+]c1ccc(N2C(=O)C(C)(C)N(c3ccc(CCCC#N)cc3)C2=S)cc1C.[C-]#[N+]c1ccc(N2C(=O)C3(CCCC3)N(c3ccc(CCCC#N)cc3)C2=S)cc1C.[C-]#[N+]c1ccc(N=C=S)cc1C.[C-]#[N+]c1ccc(N=C=S)cc1C. The van der Waals surface area contributed by atoms with E-state index >= 15 is 0 Å². The van der Waals surface area contributed by atoms with Crippen molar-refractivity contribution >= 4 is 161 Å². The van der Waals surface area contributed by atoms with Crippen molar-refractivity contribution in [3.05, 3.63) is 343 Å². The van der Waals surface area contributed by atoms with E-state index in [-0.39, 0.29) is 17.5 Å². The van der Waals surface area contributed by atoms with Gasteiger partial charge in [0.25, 0.3) is 17.5 Å². The van der Waals surface area contributed by atoms with Gasteiger partial charge in [0.15, 0.2) is 33.0 Å². The Hall–Kier alpha value is -17.0. The van der Waals surface area contributed by atoms with Crippen molar-refractivity contribution in [2.24, 2.45) is 9.98 Å². The molecule has 30 heteroatoms. The van der Waals surface area contributed by atoms with Gasteiger partial charge in [0.05, 0.1) is 90.5 Å². The first-order valence-electron chi connectivity index (χ1n) is 49.1. The van der Waals surface area contributed by atoms with Crippen LogP contribution in [0.1, 0.15) is 226 Å². The van der Waals surface area contributed by atoms with Crippen LogP contribution in [-0.4, -0.2) is 65.5 Å². The second kappa shape index (κ2) is 62.8. The summed E-state index contributed by atoms with van der Waals surface area (Å²) in [5.41, 5.74) is 29.0. The van der Waals surface area contributed by atoms with Gasteiger partial charge >= 0.3 is 5.66 Å². The highest BCUT2D eigenvalue weighted by atomic mass is 32.1. The summed E-state index contributed by atoms with van der Waals surface area (Å²) < 4.78 is 0. The molecule has 10 aromatic carbocycles. The molecule has 2 saturated heterocycles. The molecule has 0 radical (unpaired) electrons. The van der Waals surface area contributed by atoms with Crippen LogP contribution in [0, 0.1) is 146 Å². The zero-order valence-electron chi connectivity index (χ0n) is 86.7. The van der Waals surface area contributed by atoms with E-state index in [1.165, 1.54) is 41.7 Å². The number of aliphatic imine (C=N–C) groups is 2. The summed E-state index contributed by atoms with van der Waals surface area (Å²) in [4.78, 5) is 62.7. The minimum atomic E-state index is -1.15. The number of nitrogens with zero attached hydrogens (tertiary/aromatic N) is 19. The molecule has 0 unspecified atom stereocenters. The summed E-state index contributed by atoms with van der Waals surface area (Å²) in [5.74, 6) is -0.0707. The summed E-state index contributed by atoms with van der Waals surface area (Å²) in [6, 6.07) is 84.0. The predicted octanol–water partition coefficient (Wildman–Crippen LogP) is 30.0. The number of rotatable bonds is 28. The van der Waals surface area contributed by atoms with Gasteiger partial charge in [0, 0.05) is 111 Å². The molecule has 2 aliphatic carbocycles. The highest BCUT2D eigenvalue weighted by Crippen LogP contribution is 2.47. The molecule has 4 fully saturated rings. The lowest BCUT2D eigenvalue weighted by Crippen LogP contribution is -2.47. The Balaban J connectivity index is 0.000000267. The van der Waals surface area contributed by atoms with Gasteiger partial charge in [-0.2, -0.15) is 46.8 Å². The Morgan fingerprint density at radius 2 is 0.680 bits per heavy atom. The number of nitrogen functional groups attached to an aromatic ring is 2. The van der Waals surface area contributed by atoms with Crippen LogP contribution in [0.25, 0.3) is 29.1 Å². The second-order valence-electron chi connectivity index (χ2n) is 37.3. The fourth-order valence-corrected chi connectivity index (χ4v) is 17.5. The fourth-order valence-electron chi connectivity index (χ4n) is 16.3. The molecule has 1 spiro atoms. The first-order valence-corrected chi connectivity index (χ1v) is 50.8. The third-order valence-electron chi connectivity index (χ3n) is 24.4. The highest BCUT2D eigenvalue weighted by molar-refractivity contribution is 7.81. The van der Waals surface area contributed by atoms with Crippen LogP contribution in [0.15, 0.2) is 228 Å². The Kier molecular flexibility index (Phi) is 51.0. The molecule has 14 rings (SSSR count). The van der Waals surface area contributed by atoms with Gasteiger partial charge in [-0.25, -0.2) is 32.5 Å². The minimum absolute atomic E-state index is 0.0306. The van der Waals surface area contributed by atoms with Crippen molar-refractivity contribution in [1.82, 2.24) is 0 Å². The molecule has 762 valence electrons. The molecule has 2 amide bonds. The molecule has 0 aromatic heterocycles. The average molecular weight is 2070 g/mol. The van der Waals surface area contributed by atoms with Crippen LogP contribution in [0.5, 0.6) is 0 Å². The normalized spacial score (nSPS) is 13.0. The standard InChI is InChI=1S/C25H24N4OS.C23H22N4OS.C16H19N3.C14H17N3.2C10H12N2.2C9H6N2S.C4H7NO/c1-18-17-21(12-13-22(18)27-2)28-23(30)25(14-4-5-15-25)29(24(28)31)20-10-8-19(9-11-20)7-3-6-16-26;1-16-15-19(12-13-20(16)25-4)26-21(28)23(2,3)27(22(26)29)18-10-8-17(9-11-18)7-5-6-14-24;1-18-16(11-3-4-12-16)19-15-9-7-14(8-10-15)6-2-5-13-17;1-14(2,16-3)17-13-9-7-12(8-10-13)6-4-5-11-15;2*11-8-2-1-3-9-4-6-10(12)7-5-9;2*1-7-5-8(11-6-12)3-4-9(7)10-2;1-4(2,6)3-5/h8-13,17H,3-7,14-15H2,1H3;8-13,15H,5-7H2,1-3H3;7-10,19H,2-6,11-12H2;7-10,17H,4-6H2,1-2H3;2*4-7H,1-3,12H2;2*3-5H,1H3;6H,1-2H3. The van der Waals surface area contributed by atoms with Gasteiger partial charge in [0.1, 0.15) is 16.7 Å². The third kappa shape index (κ3) is 38.5. The van der Waals surface area contributed by atoms with Gasteiger partial charge in [-0.05, 0) is 384 Å². The van der Waals surface area contributed by atoms with Crippen molar-refractivity contribution < 1.29 is 14.7 Å². The topological polar surface area (TPSA) is 361 Å². The second-order valence-corrected chi connectivity index (χ2v) is 38.4. The molecule has 2 heterocycles. The molecule has 0 bridgehead atoms. The Bertz CT molecular complexity index is 6800. The molecule has 4 aliphatic rings. The zero-order chi connectivity index (χ0) is 110. The number of nitrogens with one attached hydrogen (secondary N) is 2. The Labute approximate surface area is 906 Å². The zero-order valence-corrected chi connectivity index (χ0v) is 90.0. The van der Waals surface area contributed by atoms with Crippen molar-refractivity contribution in [2.45, 2.75) is 264 Å². The van der Waals surface area contributed by atoms with E-state index in [1.54, 1.807) is 58.3 Å². The van der Waals surface area contributed by atoms with Gasteiger partial charge < -0.3 is 37.0 Å². The third-order valence-corrected chi connectivity index (χ3v) is 25.3. The summed E-state index contributed by atoms with van der Waals surface area (Å²) in [6.45, 7) is 60.3. The molecular formula is C120H125N23O3S4. The van der Waals surface area contributed by atoms with Crippen LogP contribution < -0.4 is 41.7 Å². The van der Waals surface area contributed by atoms with Crippen LogP contribution in [0.3, 0.4) is 0 Å². The van der Waals surface area contributed by atoms with Crippen LogP contribution >= 0.6 is 48.9 Å². The number of nitrogens with two attached hydrogens (primary N) is 2. The van der Waals surface area contributed by atoms with Crippen molar-refractivity contribution in [2.75, 3.05) is 41.7 Å². The molecule has 26 nitrogen and oxygen atoms in total. The van der Waals surface area contributed by atoms with Crippen molar-refractivity contribution in [1.29, 1.82) is 36.8 Å². The monoisotopic (exact) mass is 2060 g/mol. The maximum Gasteiger partial charge on any atom is 0.305 e. The van der Waals surface area contributed by atoms with Gasteiger partial charge in [0.2, 0.25) is 0 Å². The van der Waals surface area contributed by atoms with Gasteiger partial charge in [-0.3, -0.25) is 29.1 Å². The highest BCUT2D eigenvalue weighted by Gasteiger charge is 2.58.